The smallest absolute Gasteiger partial charge is 0.161 e. The molecule has 0 saturated heterocycles. The summed E-state index contributed by atoms with van der Waals surface area (Å²) in [5.74, 6) is 2.39. The summed E-state index contributed by atoms with van der Waals surface area (Å²) in [5, 5.41) is 0. The third kappa shape index (κ3) is 2.88. The average Bonchev–Trinajstić information content (AvgIpc) is 3.07. The van der Waals surface area contributed by atoms with E-state index in [4.69, 9.17) is 14.5 Å². The van der Waals surface area contributed by atoms with Crippen molar-refractivity contribution in [1.82, 2.24) is 14.4 Å². The molecular formula is C21H19N3O2. The van der Waals surface area contributed by atoms with E-state index in [1.54, 1.807) is 20.4 Å². The number of pyridine rings is 2. The van der Waals surface area contributed by atoms with Gasteiger partial charge in [-0.2, -0.15) is 0 Å². The summed E-state index contributed by atoms with van der Waals surface area (Å²) >= 11 is 0. The molecule has 5 heteroatoms. The fourth-order valence-corrected chi connectivity index (χ4v) is 3.09. The van der Waals surface area contributed by atoms with E-state index >= 15 is 0 Å². The Labute approximate surface area is 151 Å². The standard InChI is InChI=1S/C21H19N3O2/c1-25-18-10-9-15(13-19(18)26-2)14-20-23-21(16-7-3-5-11-22-16)17-8-4-6-12-24(17)20/h3-13H,14H2,1-2H3. The molecule has 0 saturated carbocycles. The maximum Gasteiger partial charge on any atom is 0.161 e. The van der Waals surface area contributed by atoms with Crippen molar-refractivity contribution in [1.29, 1.82) is 0 Å². The maximum absolute atomic E-state index is 5.41. The second-order valence-corrected chi connectivity index (χ2v) is 5.91. The van der Waals surface area contributed by atoms with Crippen LogP contribution in [0.1, 0.15) is 11.4 Å². The van der Waals surface area contributed by atoms with Crippen molar-refractivity contribution in [3.8, 4) is 22.9 Å². The Morgan fingerprint density at radius 1 is 0.923 bits per heavy atom. The topological polar surface area (TPSA) is 48.7 Å². The number of benzene rings is 1. The number of ether oxygens (including phenoxy) is 2. The first kappa shape index (κ1) is 16.1. The molecule has 130 valence electrons. The van der Waals surface area contributed by atoms with Gasteiger partial charge in [-0.15, -0.1) is 0 Å². The molecule has 0 aliphatic rings. The van der Waals surface area contributed by atoms with Crippen LogP contribution in [0.2, 0.25) is 0 Å². The molecule has 0 fully saturated rings. The van der Waals surface area contributed by atoms with Crippen LogP contribution in [0.5, 0.6) is 11.5 Å². The average molecular weight is 345 g/mol. The SMILES string of the molecule is COc1ccc(Cc2nc(-c3ccccn3)c3ccccn23)cc1OC. The first-order valence-corrected chi connectivity index (χ1v) is 8.38. The van der Waals surface area contributed by atoms with Crippen LogP contribution in [0.3, 0.4) is 0 Å². The summed E-state index contributed by atoms with van der Waals surface area (Å²) in [6, 6.07) is 17.9. The van der Waals surface area contributed by atoms with Crippen LogP contribution in [0.4, 0.5) is 0 Å². The molecule has 0 unspecified atom stereocenters. The quantitative estimate of drug-likeness (QED) is 0.548. The lowest BCUT2D eigenvalue weighted by molar-refractivity contribution is 0.354. The third-order valence-electron chi connectivity index (χ3n) is 4.34. The highest BCUT2D eigenvalue weighted by Crippen LogP contribution is 2.29. The van der Waals surface area contributed by atoms with E-state index < -0.39 is 0 Å². The van der Waals surface area contributed by atoms with Gasteiger partial charge >= 0.3 is 0 Å². The molecule has 4 rings (SSSR count). The molecule has 0 aliphatic carbocycles. The minimum absolute atomic E-state index is 0.679. The van der Waals surface area contributed by atoms with Crippen LogP contribution >= 0.6 is 0 Å². The molecule has 0 amide bonds. The maximum atomic E-state index is 5.41. The van der Waals surface area contributed by atoms with Gasteiger partial charge in [0.1, 0.15) is 11.5 Å². The van der Waals surface area contributed by atoms with E-state index in [9.17, 15) is 0 Å². The predicted molar refractivity (Wildman–Crippen MR) is 101 cm³/mol. The highest BCUT2D eigenvalue weighted by molar-refractivity contribution is 5.75. The second-order valence-electron chi connectivity index (χ2n) is 5.91. The third-order valence-corrected chi connectivity index (χ3v) is 4.34. The van der Waals surface area contributed by atoms with Crippen molar-refractivity contribution in [3.63, 3.8) is 0 Å². The van der Waals surface area contributed by atoms with Crippen LogP contribution in [0.25, 0.3) is 16.9 Å². The monoisotopic (exact) mass is 345 g/mol. The van der Waals surface area contributed by atoms with E-state index in [0.717, 1.165) is 39.8 Å². The molecule has 0 bridgehead atoms. The van der Waals surface area contributed by atoms with Gasteiger partial charge in [0.15, 0.2) is 11.5 Å². The van der Waals surface area contributed by atoms with Gasteiger partial charge in [0.2, 0.25) is 0 Å². The van der Waals surface area contributed by atoms with Crippen LogP contribution in [0, 0.1) is 0 Å². The molecule has 0 N–H and O–H groups in total. The van der Waals surface area contributed by atoms with Crippen LogP contribution < -0.4 is 9.47 Å². The van der Waals surface area contributed by atoms with Crippen molar-refractivity contribution >= 4 is 5.52 Å². The Balaban J connectivity index is 1.78. The zero-order valence-electron chi connectivity index (χ0n) is 14.7. The Kier molecular flexibility index (Phi) is 4.27. The number of rotatable bonds is 5. The van der Waals surface area contributed by atoms with Gasteiger partial charge in [0.25, 0.3) is 0 Å². The Morgan fingerprint density at radius 2 is 1.77 bits per heavy atom. The molecule has 0 radical (unpaired) electrons. The van der Waals surface area contributed by atoms with Crippen LogP contribution in [-0.2, 0) is 6.42 Å². The minimum Gasteiger partial charge on any atom is -0.493 e. The van der Waals surface area contributed by atoms with Gasteiger partial charge in [-0.1, -0.05) is 18.2 Å². The first-order valence-electron chi connectivity index (χ1n) is 8.38. The first-order chi connectivity index (χ1) is 12.8. The predicted octanol–water partition coefficient (Wildman–Crippen LogP) is 4.00. The summed E-state index contributed by atoms with van der Waals surface area (Å²) in [5.41, 5.74) is 3.91. The lowest BCUT2D eigenvalue weighted by Gasteiger charge is -2.09. The van der Waals surface area contributed by atoms with Crippen molar-refractivity contribution in [3.05, 3.63) is 78.4 Å². The van der Waals surface area contributed by atoms with Crippen molar-refractivity contribution in [2.24, 2.45) is 0 Å². The minimum atomic E-state index is 0.679. The molecule has 5 nitrogen and oxygen atoms in total. The second kappa shape index (κ2) is 6.88. The van der Waals surface area contributed by atoms with E-state index in [1.165, 1.54) is 0 Å². The fraction of sp³-hybridized carbons (Fsp3) is 0.143. The number of imidazole rings is 1. The number of methoxy groups -OCH3 is 2. The van der Waals surface area contributed by atoms with Crippen molar-refractivity contribution in [2.45, 2.75) is 6.42 Å². The normalized spacial score (nSPS) is 10.8. The van der Waals surface area contributed by atoms with E-state index in [2.05, 4.69) is 15.5 Å². The van der Waals surface area contributed by atoms with Gasteiger partial charge in [-0.05, 0) is 42.0 Å². The molecule has 1 aromatic carbocycles. The molecule has 0 atom stereocenters. The molecule has 26 heavy (non-hydrogen) atoms. The summed E-state index contributed by atoms with van der Waals surface area (Å²) in [4.78, 5) is 9.34. The van der Waals surface area contributed by atoms with Gasteiger partial charge < -0.3 is 13.9 Å². The van der Waals surface area contributed by atoms with E-state index in [0.29, 0.717) is 6.42 Å². The number of hydrogen-bond donors (Lipinski definition) is 0. The van der Waals surface area contributed by atoms with Gasteiger partial charge in [0, 0.05) is 18.8 Å². The molecular weight excluding hydrogens is 326 g/mol. The van der Waals surface area contributed by atoms with Crippen LogP contribution in [0.15, 0.2) is 67.0 Å². The summed E-state index contributed by atoms with van der Waals surface area (Å²) in [6.07, 6.45) is 4.50. The Morgan fingerprint density at radius 3 is 2.54 bits per heavy atom. The summed E-state index contributed by atoms with van der Waals surface area (Å²) in [7, 11) is 3.28. The highest BCUT2D eigenvalue weighted by Gasteiger charge is 2.14. The summed E-state index contributed by atoms with van der Waals surface area (Å²) in [6.45, 7) is 0. The highest BCUT2D eigenvalue weighted by atomic mass is 16.5. The van der Waals surface area contributed by atoms with Gasteiger partial charge in [0.05, 0.1) is 25.4 Å². The summed E-state index contributed by atoms with van der Waals surface area (Å²) < 4.78 is 12.8. The molecule has 3 heterocycles. The Bertz CT molecular complexity index is 1040. The molecule has 4 aromatic rings. The fourth-order valence-electron chi connectivity index (χ4n) is 3.09. The van der Waals surface area contributed by atoms with Crippen molar-refractivity contribution in [2.75, 3.05) is 14.2 Å². The lowest BCUT2D eigenvalue weighted by atomic mass is 10.1. The van der Waals surface area contributed by atoms with Gasteiger partial charge in [-0.25, -0.2) is 4.98 Å². The molecule has 0 spiro atoms. The van der Waals surface area contributed by atoms with Crippen molar-refractivity contribution < 1.29 is 9.47 Å². The molecule has 0 aliphatic heterocycles. The van der Waals surface area contributed by atoms with Crippen LogP contribution in [-0.4, -0.2) is 28.6 Å². The molecule has 3 aromatic heterocycles. The number of hydrogen-bond acceptors (Lipinski definition) is 4. The Hall–Kier alpha value is -3.34. The van der Waals surface area contributed by atoms with E-state index in [-0.39, 0.29) is 0 Å². The zero-order chi connectivity index (χ0) is 17.9. The number of nitrogens with zero attached hydrogens (tertiary/aromatic N) is 3. The number of fused-ring (bicyclic) bond motifs is 1. The van der Waals surface area contributed by atoms with Gasteiger partial charge in [-0.3, -0.25) is 4.98 Å². The largest absolute Gasteiger partial charge is 0.493 e. The van der Waals surface area contributed by atoms with E-state index in [1.807, 2.05) is 54.7 Å². The zero-order valence-corrected chi connectivity index (χ0v) is 14.7. The number of aromatic nitrogens is 3. The lowest BCUT2D eigenvalue weighted by Crippen LogP contribution is -1.97.